The van der Waals surface area contributed by atoms with E-state index in [1.54, 1.807) is 20.8 Å². The molecule has 1 amide bonds. The summed E-state index contributed by atoms with van der Waals surface area (Å²) in [4.78, 5) is 24.7. The fourth-order valence-electron chi connectivity index (χ4n) is 1.94. The van der Waals surface area contributed by atoms with Gasteiger partial charge in [0.05, 0.1) is 0 Å². The highest BCUT2D eigenvalue weighted by Gasteiger charge is 2.47. The van der Waals surface area contributed by atoms with E-state index in [0.29, 0.717) is 12.8 Å². The Morgan fingerprint density at radius 2 is 2.00 bits per heavy atom. The second kappa shape index (κ2) is 4.76. The molecule has 1 aliphatic heterocycles. The highest BCUT2D eigenvalue weighted by atomic mass is 16.6. The van der Waals surface area contributed by atoms with E-state index >= 15 is 0 Å². The molecule has 6 nitrogen and oxygen atoms in total. The number of rotatable bonds is 1. The van der Waals surface area contributed by atoms with Gasteiger partial charge in [0.25, 0.3) is 0 Å². The summed E-state index contributed by atoms with van der Waals surface area (Å²) < 4.78 is 5.24. The van der Waals surface area contributed by atoms with Crippen molar-refractivity contribution in [3.8, 4) is 0 Å². The summed E-state index contributed by atoms with van der Waals surface area (Å²) in [6.07, 6.45) is 0.299. The van der Waals surface area contributed by atoms with Crippen LogP contribution in [0.15, 0.2) is 0 Å². The molecule has 6 heteroatoms. The molecule has 104 valence electrons. The molecule has 1 fully saturated rings. The minimum atomic E-state index is -1.24. The molecule has 0 aliphatic carbocycles. The van der Waals surface area contributed by atoms with Gasteiger partial charge in [-0.15, -0.1) is 0 Å². The van der Waals surface area contributed by atoms with Crippen LogP contribution in [0.4, 0.5) is 4.79 Å². The van der Waals surface area contributed by atoms with E-state index in [1.165, 1.54) is 11.8 Å². The molecular weight excluding hydrogens is 236 g/mol. The Bertz CT molecular complexity index is 350. The molecule has 0 aromatic carbocycles. The van der Waals surface area contributed by atoms with Crippen molar-refractivity contribution in [3.63, 3.8) is 0 Å². The van der Waals surface area contributed by atoms with Gasteiger partial charge in [-0.3, -0.25) is 4.90 Å². The average molecular weight is 258 g/mol. The van der Waals surface area contributed by atoms with Gasteiger partial charge in [0.15, 0.2) is 0 Å². The van der Waals surface area contributed by atoms with Crippen LogP contribution in [-0.2, 0) is 9.53 Å². The van der Waals surface area contributed by atoms with E-state index in [0.717, 1.165) is 0 Å². The van der Waals surface area contributed by atoms with Crippen molar-refractivity contribution < 1.29 is 19.4 Å². The number of ether oxygens (including phenoxy) is 1. The van der Waals surface area contributed by atoms with Gasteiger partial charge < -0.3 is 15.6 Å². The first-order chi connectivity index (χ1) is 8.06. The molecule has 2 atom stereocenters. The second-order valence-electron chi connectivity index (χ2n) is 5.97. The quantitative estimate of drug-likeness (QED) is 0.737. The van der Waals surface area contributed by atoms with E-state index in [2.05, 4.69) is 0 Å². The maximum Gasteiger partial charge on any atom is 0.411 e. The molecule has 1 saturated heterocycles. The molecule has 1 heterocycles. The Labute approximate surface area is 107 Å². The van der Waals surface area contributed by atoms with Crippen molar-refractivity contribution in [2.24, 2.45) is 5.73 Å². The van der Waals surface area contributed by atoms with Crippen LogP contribution in [-0.4, -0.2) is 45.8 Å². The van der Waals surface area contributed by atoms with Crippen molar-refractivity contribution in [1.29, 1.82) is 0 Å². The van der Waals surface area contributed by atoms with Crippen LogP contribution in [0.1, 0.15) is 40.5 Å². The Morgan fingerprint density at radius 3 is 2.44 bits per heavy atom. The van der Waals surface area contributed by atoms with Crippen LogP contribution in [0, 0.1) is 0 Å². The van der Waals surface area contributed by atoms with Gasteiger partial charge >= 0.3 is 12.1 Å². The van der Waals surface area contributed by atoms with Crippen LogP contribution >= 0.6 is 0 Å². The summed E-state index contributed by atoms with van der Waals surface area (Å²) in [5.41, 5.74) is 3.91. The van der Waals surface area contributed by atoms with Crippen molar-refractivity contribution >= 4 is 12.1 Å². The van der Waals surface area contributed by atoms with Crippen LogP contribution in [0.3, 0.4) is 0 Å². The number of piperidine rings is 1. The first-order valence-electron chi connectivity index (χ1n) is 6.06. The average Bonchev–Trinajstić information content (AvgIpc) is 2.18. The fourth-order valence-corrected chi connectivity index (χ4v) is 1.94. The van der Waals surface area contributed by atoms with Crippen molar-refractivity contribution in [2.45, 2.75) is 57.7 Å². The Balaban J connectivity index is 2.93. The number of nitrogens with zero attached hydrogens (tertiary/aromatic N) is 1. The zero-order valence-corrected chi connectivity index (χ0v) is 11.4. The molecule has 2 unspecified atom stereocenters. The SMILES string of the molecule is CC(C)(C)OC(=O)N1CC(N)CCC1(C)C(=O)O. The Hall–Kier alpha value is -1.30. The molecule has 1 rings (SSSR count). The molecular formula is C12H22N2O4. The highest BCUT2D eigenvalue weighted by molar-refractivity contribution is 5.84. The van der Waals surface area contributed by atoms with Crippen LogP contribution in [0.2, 0.25) is 0 Å². The Morgan fingerprint density at radius 1 is 1.44 bits per heavy atom. The van der Waals surface area contributed by atoms with Gasteiger partial charge in [-0.1, -0.05) is 0 Å². The number of carbonyl (C=O) groups is 2. The van der Waals surface area contributed by atoms with Gasteiger partial charge in [-0.05, 0) is 40.5 Å². The van der Waals surface area contributed by atoms with Crippen LogP contribution < -0.4 is 5.73 Å². The number of carbonyl (C=O) groups excluding carboxylic acids is 1. The maximum atomic E-state index is 12.1. The van der Waals surface area contributed by atoms with Crippen molar-refractivity contribution in [2.75, 3.05) is 6.54 Å². The normalized spacial score (nSPS) is 28.9. The molecule has 0 saturated carbocycles. The largest absolute Gasteiger partial charge is 0.480 e. The number of hydrogen-bond acceptors (Lipinski definition) is 4. The zero-order valence-electron chi connectivity index (χ0n) is 11.4. The standard InChI is InChI=1S/C12H22N2O4/c1-11(2,3)18-10(17)14-7-8(13)5-6-12(14,4)9(15)16/h8H,5-7,13H2,1-4H3,(H,15,16). The third kappa shape index (κ3) is 3.13. The lowest BCUT2D eigenvalue weighted by atomic mass is 9.87. The molecule has 0 aromatic heterocycles. The van der Waals surface area contributed by atoms with Crippen LogP contribution in [0.25, 0.3) is 0 Å². The van der Waals surface area contributed by atoms with Gasteiger partial charge in [-0.25, -0.2) is 9.59 Å². The van der Waals surface area contributed by atoms with Gasteiger partial charge in [0, 0.05) is 12.6 Å². The van der Waals surface area contributed by atoms with Crippen molar-refractivity contribution in [1.82, 2.24) is 4.90 Å². The molecule has 0 aromatic rings. The molecule has 0 spiro atoms. The lowest BCUT2D eigenvalue weighted by molar-refractivity contribution is -0.152. The monoisotopic (exact) mass is 258 g/mol. The second-order valence-corrected chi connectivity index (χ2v) is 5.97. The maximum absolute atomic E-state index is 12.1. The molecule has 1 aliphatic rings. The molecule has 3 N–H and O–H groups in total. The third-order valence-corrected chi connectivity index (χ3v) is 3.09. The van der Waals surface area contributed by atoms with Gasteiger partial charge in [0.2, 0.25) is 0 Å². The minimum Gasteiger partial charge on any atom is -0.480 e. The molecule has 0 bridgehead atoms. The number of aliphatic carboxylic acids is 1. The van der Waals surface area contributed by atoms with Crippen molar-refractivity contribution in [3.05, 3.63) is 0 Å². The summed E-state index contributed by atoms with van der Waals surface area (Å²) in [6.45, 7) is 6.97. The molecule has 0 radical (unpaired) electrons. The van der Waals surface area contributed by atoms with Gasteiger partial charge in [-0.2, -0.15) is 0 Å². The van der Waals surface area contributed by atoms with E-state index in [1.807, 2.05) is 0 Å². The number of amides is 1. The minimum absolute atomic E-state index is 0.204. The summed E-state index contributed by atoms with van der Waals surface area (Å²) in [5.74, 6) is -1.03. The lowest BCUT2D eigenvalue weighted by Crippen LogP contribution is -2.62. The number of nitrogens with two attached hydrogens (primary N) is 1. The number of hydrogen-bond donors (Lipinski definition) is 2. The topological polar surface area (TPSA) is 92.9 Å². The fraction of sp³-hybridized carbons (Fsp3) is 0.833. The lowest BCUT2D eigenvalue weighted by Gasteiger charge is -2.43. The number of carboxylic acids is 1. The summed E-state index contributed by atoms with van der Waals surface area (Å²) >= 11 is 0. The van der Waals surface area contributed by atoms with Gasteiger partial charge in [0.1, 0.15) is 11.1 Å². The Kier molecular flexibility index (Phi) is 3.90. The van der Waals surface area contributed by atoms with E-state index in [-0.39, 0.29) is 12.6 Å². The first kappa shape index (κ1) is 14.8. The third-order valence-electron chi connectivity index (χ3n) is 3.09. The smallest absolute Gasteiger partial charge is 0.411 e. The summed E-state index contributed by atoms with van der Waals surface area (Å²) in [7, 11) is 0. The van der Waals surface area contributed by atoms with E-state index < -0.39 is 23.2 Å². The van der Waals surface area contributed by atoms with E-state index in [4.69, 9.17) is 10.5 Å². The number of likely N-dealkylation sites (tertiary alicyclic amines) is 1. The predicted molar refractivity (Wildman–Crippen MR) is 66.2 cm³/mol. The molecule has 18 heavy (non-hydrogen) atoms. The summed E-state index contributed by atoms with van der Waals surface area (Å²) in [6, 6.07) is -0.204. The van der Waals surface area contributed by atoms with Crippen LogP contribution in [0.5, 0.6) is 0 Å². The van der Waals surface area contributed by atoms with E-state index in [9.17, 15) is 14.7 Å². The highest BCUT2D eigenvalue weighted by Crippen LogP contribution is 2.29. The first-order valence-corrected chi connectivity index (χ1v) is 6.06. The summed E-state index contributed by atoms with van der Waals surface area (Å²) in [5, 5.41) is 9.31. The number of carboxylic acid groups (broad SMARTS) is 1. The predicted octanol–water partition coefficient (Wildman–Crippen LogP) is 1.19. The zero-order chi connectivity index (χ0) is 14.1.